The van der Waals surface area contributed by atoms with Gasteiger partial charge in [-0.05, 0) is 6.07 Å². The van der Waals surface area contributed by atoms with Gasteiger partial charge in [-0.15, -0.1) is 0 Å². The van der Waals surface area contributed by atoms with Crippen LogP contribution in [-0.4, -0.2) is 27.4 Å². The Kier molecular flexibility index (Phi) is 2.09. The molecule has 0 aromatic carbocycles. The normalized spacial score (nSPS) is 10.4. The van der Waals surface area contributed by atoms with E-state index < -0.39 is 5.97 Å². The molecule has 0 saturated heterocycles. The number of carbonyl (C=O) groups is 1. The fourth-order valence-corrected chi connectivity index (χ4v) is 1.34. The molecule has 0 unspecified atom stereocenters. The highest BCUT2D eigenvalue weighted by molar-refractivity contribution is 6.32. The van der Waals surface area contributed by atoms with Gasteiger partial charge in [-0.1, -0.05) is 11.6 Å². The number of rotatable bonds is 1. The zero-order valence-electron chi connectivity index (χ0n) is 7.27. The number of fused-ring (bicyclic) bond motifs is 1. The predicted octanol–water partition coefficient (Wildman–Crippen LogP) is 1.17. The van der Waals surface area contributed by atoms with E-state index in [9.17, 15) is 4.79 Å². The third-order valence-corrected chi connectivity index (χ3v) is 2.09. The molecule has 72 valence electrons. The first-order valence-electron chi connectivity index (χ1n) is 3.81. The van der Waals surface area contributed by atoms with Crippen LogP contribution in [0.5, 0.6) is 0 Å². The van der Waals surface area contributed by atoms with Gasteiger partial charge >= 0.3 is 5.97 Å². The smallest absolute Gasteiger partial charge is 0.359 e. The summed E-state index contributed by atoms with van der Waals surface area (Å²) in [6.07, 6.45) is 3.24. The number of esters is 1. The molecule has 2 heterocycles. The van der Waals surface area contributed by atoms with E-state index in [0.29, 0.717) is 5.78 Å². The summed E-state index contributed by atoms with van der Waals surface area (Å²) in [5.41, 5.74) is 0.0767. The van der Waals surface area contributed by atoms with Crippen LogP contribution in [0.3, 0.4) is 0 Å². The minimum atomic E-state index is -0.569. The standard InChI is InChI=1S/C8H6ClN3O2/c1-14-7(13)5-6(9)12-4-2-3-10-8(12)11-5/h2-4H,1H3. The van der Waals surface area contributed by atoms with Crippen molar-refractivity contribution in [1.82, 2.24) is 14.4 Å². The van der Waals surface area contributed by atoms with Crippen LogP contribution in [0.1, 0.15) is 10.5 Å². The molecule has 0 amide bonds. The summed E-state index contributed by atoms with van der Waals surface area (Å²) in [6.45, 7) is 0. The van der Waals surface area contributed by atoms with Crippen molar-refractivity contribution in [2.75, 3.05) is 7.11 Å². The highest BCUT2D eigenvalue weighted by atomic mass is 35.5. The second kappa shape index (κ2) is 3.26. The molecule has 2 rings (SSSR count). The molecule has 0 fully saturated rings. The summed E-state index contributed by atoms with van der Waals surface area (Å²) in [5.74, 6) is -0.196. The van der Waals surface area contributed by atoms with Crippen molar-refractivity contribution < 1.29 is 9.53 Å². The molecule has 5 nitrogen and oxygen atoms in total. The first kappa shape index (κ1) is 8.96. The Morgan fingerprint density at radius 2 is 2.43 bits per heavy atom. The van der Waals surface area contributed by atoms with Crippen molar-refractivity contribution in [1.29, 1.82) is 0 Å². The van der Waals surface area contributed by atoms with E-state index >= 15 is 0 Å². The number of nitrogens with zero attached hydrogens (tertiary/aromatic N) is 3. The van der Waals surface area contributed by atoms with Gasteiger partial charge in [0.25, 0.3) is 0 Å². The Balaban J connectivity index is 2.68. The van der Waals surface area contributed by atoms with Crippen molar-refractivity contribution in [2.24, 2.45) is 0 Å². The third kappa shape index (κ3) is 1.22. The van der Waals surface area contributed by atoms with Crippen LogP contribution in [0.2, 0.25) is 5.15 Å². The van der Waals surface area contributed by atoms with Crippen LogP contribution in [-0.2, 0) is 4.74 Å². The number of imidazole rings is 1. The highest BCUT2D eigenvalue weighted by Crippen LogP contribution is 2.17. The Morgan fingerprint density at radius 3 is 3.07 bits per heavy atom. The van der Waals surface area contributed by atoms with Crippen LogP contribution in [0, 0.1) is 0 Å². The molecule has 0 aliphatic heterocycles. The maximum absolute atomic E-state index is 11.2. The Labute approximate surface area is 84.3 Å². The van der Waals surface area contributed by atoms with Gasteiger partial charge in [0.05, 0.1) is 7.11 Å². The van der Waals surface area contributed by atoms with Gasteiger partial charge in [-0.2, -0.15) is 0 Å². The zero-order valence-corrected chi connectivity index (χ0v) is 8.02. The minimum Gasteiger partial charge on any atom is -0.464 e. The van der Waals surface area contributed by atoms with Crippen molar-refractivity contribution in [3.63, 3.8) is 0 Å². The van der Waals surface area contributed by atoms with E-state index in [2.05, 4.69) is 14.7 Å². The molecular formula is C8H6ClN3O2. The van der Waals surface area contributed by atoms with Crippen LogP contribution in [0.15, 0.2) is 18.5 Å². The first-order valence-corrected chi connectivity index (χ1v) is 4.18. The van der Waals surface area contributed by atoms with Crippen molar-refractivity contribution in [3.05, 3.63) is 29.3 Å². The number of carbonyl (C=O) groups excluding carboxylic acids is 1. The SMILES string of the molecule is COC(=O)c1nc2ncccn2c1Cl. The van der Waals surface area contributed by atoms with E-state index in [-0.39, 0.29) is 10.8 Å². The molecule has 0 saturated carbocycles. The predicted molar refractivity (Wildman–Crippen MR) is 49.3 cm³/mol. The second-order valence-electron chi connectivity index (χ2n) is 2.53. The Morgan fingerprint density at radius 1 is 1.64 bits per heavy atom. The number of hydrogen-bond acceptors (Lipinski definition) is 4. The fourth-order valence-electron chi connectivity index (χ4n) is 1.09. The van der Waals surface area contributed by atoms with Gasteiger partial charge in [-0.3, -0.25) is 4.40 Å². The van der Waals surface area contributed by atoms with Gasteiger partial charge in [-0.25, -0.2) is 14.8 Å². The molecule has 2 aromatic rings. The van der Waals surface area contributed by atoms with E-state index in [1.807, 2.05) is 0 Å². The highest BCUT2D eigenvalue weighted by Gasteiger charge is 2.17. The summed E-state index contributed by atoms with van der Waals surface area (Å²) < 4.78 is 6.03. The number of hydrogen-bond donors (Lipinski definition) is 0. The lowest BCUT2D eigenvalue weighted by atomic mass is 10.5. The monoisotopic (exact) mass is 211 g/mol. The summed E-state index contributed by atoms with van der Waals surface area (Å²) in [6, 6.07) is 1.70. The number of methoxy groups -OCH3 is 1. The molecule has 0 spiro atoms. The van der Waals surface area contributed by atoms with Crippen LogP contribution >= 0.6 is 11.6 Å². The molecule has 0 radical (unpaired) electrons. The zero-order chi connectivity index (χ0) is 10.1. The topological polar surface area (TPSA) is 56.5 Å². The van der Waals surface area contributed by atoms with Gasteiger partial charge < -0.3 is 4.74 Å². The summed E-state index contributed by atoms with van der Waals surface area (Å²) in [5, 5.41) is 0.208. The Bertz CT molecular complexity index is 494. The molecule has 0 bridgehead atoms. The lowest BCUT2D eigenvalue weighted by Gasteiger charge is -1.93. The lowest BCUT2D eigenvalue weighted by Crippen LogP contribution is -2.02. The van der Waals surface area contributed by atoms with Gasteiger partial charge in [0.1, 0.15) is 5.15 Å². The van der Waals surface area contributed by atoms with Crippen LogP contribution < -0.4 is 0 Å². The van der Waals surface area contributed by atoms with E-state index in [4.69, 9.17) is 11.6 Å². The number of ether oxygens (including phenoxy) is 1. The maximum atomic E-state index is 11.2. The molecule has 0 N–H and O–H groups in total. The minimum absolute atomic E-state index is 0.0767. The molecule has 6 heteroatoms. The summed E-state index contributed by atoms with van der Waals surface area (Å²) in [7, 11) is 1.27. The van der Waals surface area contributed by atoms with Crippen molar-refractivity contribution in [2.45, 2.75) is 0 Å². The third-order valence-electron chi connectivity index (χ3n) is 1.72. The van der Waals surface area contributed by atoms with E-state index in [0.717, 1.165) is 0 Å². The summed E-state index contributed by atoms with van der Waals surface area (Å²) in [4.78, 5) is 19.1. The molecule has 14 heavy (non-hydrogen) atoms. The molecule has 0 atom stereocenters. The molecule has 0 aliphatic rings. The Hall–Kier alpha value is -1.62. The van der Waals surface area contributed by atoms with Crippen LogP contribution in [0.4, 0.5) is 0 Å². The number of halogens is 1. The lowest BCUT2D eigenvalue weighted by molar-refractivity contribution is 0.0595. The fraction of sp³-hybridized carbons (Fsp3) is 0.125. The van der Waals surface area contributed by atoms with E-state index in [1.54, 1.807) is 18.5 Å². The number of aromatic nitrogens is 3. The van der Waals surface area contributed by atoms with Crippen molar-refractivity contribution in [3.8, 4) is 0 Å². The average Bonchev–Trinajstić information content (AvgIpc) is 2.56. The van der Waals surface area contributed by atoms with Gasteiger partial charge in [0.15, 0.2) is 5.69 Å². The van der Waals surface area contributed by atoms with Gasteiger partial charge in [0.2, 0.25) is 5.78 Å². The largest absolute Gasteiger partial charge is 0.464 e. The molecule has 0 aliphatic carbocycles. The van der Waals surface area contributed by atoms with Crippen LogP contribution in [0.25, 0.3) is 5.78 Å². The quantitative estimate of drug-likeness (QED) is 0.665. The van der Waals surface area contributed by atoms with Crippen molar-refractivity contribution >= 4 is 23.3 Å². The maximum Gasteiger partial charge on any atom is 0.359 e. The first-order chi connectivity index (χ1) is 6.74. The molecule has 2 aromatic heterocycles. The van der Waals surface area contributed by atoms with E-state index in [1.165, 1.54) is 11.5 Å². The summed E-state index contributed by atoms with van der Waals surface area (Å²) >= 11 is 5.89. The second-order valence-corrected chi connectivity index (χ2v) is 2.89. The molecular weight excluding hydrogens is 206 g/mol. The van der Waals surface area contributed by atoms with Gasteiger partial charge in [0, 0.05) is 12.4 Å². The average molecular weight is 212 g/mol.